The Morgan fingerprint density at radius 3 is 2.67 bits per heavy atom. The topological polar surface area (TPSA) is 80.5 Å². The molecule has 5 heteroatoms. The van der Waals surface area contributed by atoms with Crippen molar-refractivity contribution < 1.29 is 0 Å². The van der Waals surface area contributed by atoms with Gasteiger partial charge in [0.05, 0.1) is 16.7 Å². The molecule has 0 spiro atoms. The number of aryl methyl sites for hydroxylation is 2. The quantitative estimate of drug-likeness (QED) is 0.682. The lowest BCUT2D eigenvalue weighted by molar-refractivity contribution is 1.12. The first kappa shape index (κ1) is 10.7. The molecule has 0 aliphatic rings. The van der Waals surface area contributed by atoms with Gasteiger partial charge in [0.1, 0.15) is 5.82 Å². The van der Waals surface area contributed by atoms with Gasteiger partial charge in [-0.05, 0) is 32.0 Å². The first-order chi connectivity index (χ1) is 8.61. The number of rotatable bonds is 1. The van der Waals surface area contributed by atoms with E-state index in [-0.39, 0.29) is 0 Å². The lowest BCUT2D eigenvalue weighted by atomic mass is 10.1. The summed E-state index contributed by atoms with van der Waals surface area (Å²) in [4.78, 5) is 15.9. The van der Waals surface area contributed by atoms with Gasteiger partial charge < -0.3 is 10.7 Å². The van der Waals surface area contributed by atoms with Crippen LogP contribution in [0.3, 0.4) is 0 Å². The van der Waals surface area contributed by atoms with Crippen LogP contribution >= 0.6 is 0 Å². The van der Waals surface area contributed by atoms with Gasteiger partial charge in [0, 0.05) is 11.3 Å². The Morgan fingerprint density at radius 2 is 1.89 bits per heavy atom. The van der Waals surface area contributed by atoms with Gasteiger partial charge in [0.2, 0.25) is 5.95 Å². The number of aromatic nitrogens is 4. The van der Waals surface area contributed by atoms with E-state index in [1.807, 2.05) is 38.1 Å². The van der Waals surface area contributed by atoms with E-state index >= 15 is 0 Å². The summed E-state index contributed by atoms with van der Waals surface area (Å²) in [6.07, 6.45) is 0. The molecule has 0 radical (unpaired) electrons. The van der Waals surface area contributed by atoms with E-state index in [1.54, 1.807) is 0 Å². The molecule has 3 N–H and O–H groups in total. The van der Waals surface area contributed by atoms with Crippen molar-refractivity contribution in [2.75, 3.05) is 5.73 Å². The van der Waals surface area contributed by atoms with Gasteiger partial charge in [0.15, 0.2) is 0 Å². The van der Waals surface area contributed by atoms with Crippen LogP contribution in [0.1, 0.15) is 11.5 Å². The van der Waals surface area contributed by atoms with Crippen LogP contribution < -0.4 is 5.73 Å². The third kappa shape index (κ3) is 1.79. The summed E-state index contributed by atoms with van der Waals surface area (Å²) in [5.74, 6) is 1.20. The Hall–Kier alpha value is -2.43. The largest absolute Gasteiger partial charge is 0.368 e. The highest BCUT2D eigenvalue weighted by atomic mass is 15.0. The fourth-order valence-corrected chi connectivity index (χ4v) is 2.04. The van der Waals surface area contributed by atoms with Crippen molar-refractivity contribution in [3.8, 4) is 11.3 Å². The number of nitrogens with two attached hydrogens (primary N) is 1. The molecule has 2 aromatic heterocycles. The second kappa shape index (κ2) is 3.80. The Labute approximate surface area is 104 Å². The smallest absolute Gasteiger partial charge is 0.220 e. The van der Waals surface area contributed by atoms with Crippen LogP contribution in [0.4, 0.5) is 5.95 Å². The standard InChI is InChI=1S/C13H13N5/c1-7-5-11(18-13(14)15-7)9-3-4-10-12(6-9)17-8(2)16-10/h3-6H,1-2H3,(H,16,17)(H2,14,15,18). The Balaban J connectivity index is 2.18. The average Bonchev–Trinajstić information content (AvgIpc) is 2.66. The summed E-state index contributed by atoms with van der Waals surface area (Å²) in [7, 11) is 0. The molecule has 0 atom stereocenters. The van der Waals surface area contributed by atoms with Crippen LogP contribution in [-0.2, 0) is 0 Å². The molecule has 0 unspecified atom stereocenters. The molecule has 0 aliphatic carbocycles. The zero-order valence-corrected chi connectivity index (χ0v) is 10.2. The molecule has 5 nitrogen and oxygen atoms in total. The van der Waals surface area contributed by atoms with E-state index in [4.69, 9.17) is 5.73 Å². The molecule has 2 heterocycles. The van der Waals surface area contributed by atoms with E-state index in [0.29, 0.717) is 5.95 Å². The minimum Gasteiger partial charge on any atom is -0.368 e. The Morgan fingerprint density at radius 1 is 1.06 bits per heavy atom. The van der Waals surface area contributed by atoms with E-state index in [9.17, 15) is 0 Å². The molecule has 0 saturated heterocycles. The number of hydrogen-bond acceptors (Lipinski definition) is 4. The van der Waals surface area contributed by atoms with E-state index < -0.39 is 0 Å². The maximum atomic E-state index is 5.67. The average molecular weight is 239 g/mol. The normalized spacial score (nSPS) is 11.0. The Bertz CT molecular complexity index is 709. The SMILES string of the molecule is Cc1cc(-c2ccc3nc(C)[nH]c3c2)nc(N)n1. The molecule has 0 aliphatic heterocycles. The third-order valence-corrected chi connectivity index (χ3v) is 2.77. The molecule has 0 saturated carbocycles. The number of aromatic amines is 1. The summed E-state index contributed by atoms with van der Waals surface area (Å²) in [5.41, 5.74) is 10.3. The van der Waals surface area contributed by atoms with Crippen molar-refractivity contribution in [2.24, 2.45) is 0 Å². The van der Waals surface area contributed by atoms with E-state index in [2.05, 4.69) is 19.9 Å². The van der Waals surface area contributed by atoms with Crippen LogP contribution in [0, 0.1) is 13.8 Å². The predicted octanol–water partition coefficient (Wildman–Crippen LogP) is 2.22. The molecular weight excluding hydrogens is 226 g/mol. The number of nitrogens with zero attached hydrogens (tertiary/aromatic N) is 3. The molecule has 0 amide bonds. The number of nitrogen functional groups attached to an aromatic ring is 1. The molecule has 3 rings (SSSR count). The van der Waals surface area contributed by atoms with Gasteiger partial charge in [-0.15, -0.1) is 0 Å². The van der Waals surface area contributed by atoms with Crippen molar-refractivity contribution in [3.05, 3.63) is 35.8 Å². The van der Waals surface area contributed by atoms with Crippen molar-refractivity contribution >= 4 is 17.0 Å². The number of anilines is 1. The molecule has 90 valence electrons. The zero-order valence-electron chi connectivity index (χ0n) is 10.2. The number of nitrogens with one attached hydrogen (secondary N) is 1. The van der Waals surface area contributed by atoms with Crippen LogP contribution in [0.5, 0.6) is 0 Å². The maximum Gasteiger partial charge on any atom is 0.220 e. The molecule has 1 aromatic carbocycles. The number of imidazole rings is 1. The summed E-state index contributed by atoms with van der Waals surface area (Å²) in [6.45, 7) is 3.84. The van der Waals surface area contributed by atoms with Crippen LogP contribution in [0.15, 0.2) is 24.3 Å². The zero-order chi connectivity index (χ0) is 12.7. The Kier molecular flexibility index (Phi) is 2.26. The predicted molar refractivity (Wildman–Crippen MR) is 71.0 cm³/mol. The van der Waals surface area contributed by atoms with Gasteiger partial charge in [-0.1, -0.05) is 6.07 Å². The minimum absolute atomic E-state index is 0.297. The number of fused-ring (bicyclic) bond motifs is 1. The minimum atomic E-state index is 0.297. The summed E-state index contributed by atoms with van der Waals surface area (Å²) in [6, 6.07) is 7.91. The molecule has 0 fully saturated rings. The van der Waals surface area contributed by atoms with Crippen molar-refractivity contribution in [1.82, 2.24) is 19.9 Å². The van der Waals surface area contributed by atoms with Gasteiger partial charge in [-0.2, -0.15) is 0 Å². The molecule has 18 heavy (non-hydrogen) atoms. The van der Waals surface area contributed by atoms with Crippen LogP contribution in [0.2, 0.25) is 0 Å². The summed E-state index contributed by atoms with van der Waals surface area (Å²) < 4.78 is 0. The van der Waals surface area contributed by atoms with Crippen LogP contribution in [-0.4, -0.2) is 19.9 Å². The number of hydrogen-bond donors (Lipinski definition) is 2. The van der Waals surface area contributed by atoms with Crippen molar-refractivity contribution in [2.45, 2.75) is 13.8 Å². The van der Waals surface area contributed by atoms with E-state index in [1.165, 1.54) is 0 Å². The number of H-pyrrole nitrogens is 1. The molecular formula is C13H13N5. The van der Waals surface area contributed by atoms with Gasteiger partial charge in [-0.3, -0.25) is 0 Å². The number of benzene rings is 1. The van der Waals surface area contributed by atoms with Gasteiger partial charge in [0.25, 0.3) is 0 Å². The lowest BCUT2D eigenvalue weighted by Gasteiger charge is -2.03. The lowest BCUT2D eigenvalue weighted by Crippen LogP contribution is -1.98. The summed E-state index contributed by atoms with van der Waals surface area (Å²) in [5, 5.41) is 0. The van der Waals surface area contributed by atoms with Crippen molar-refractivity contribution in [1.29, 1.82) is 0 Å². The molecule has 3 aromatic rings. The highest BCUT2D eigenvalue weighted by Crippen LogP contribution is 2.22. The molecule has 0 bridgehead atoms. The summed E-state index contributed by atoms with van der Waals surface area (Å²) >= 11 is 0. The highest BCUT2D eigenvalue weighted by molar-refractivity contribution is 5.81. The first-order valence-electron chi connectivity index (χ1n) is 5.70. The highest BCUT2D eigenvalue weighted by Gasteiger charge is 2.05. The van der Waals surface area contributed by atoms with Gasteiger partial charge >= 0.3 is 0 Å². The fraction of sp³-hybridized carbons (Fsp3) is 0.154. The fourth-order valence-electron chi connectivity index (χ4n) is 2.04. The third-order valence-electron chi connectivity index (χ3n) is 2.77. The van der Waals surface area contributed by atoms with E-state index in [0.717, 1.165) is 33.8 Å². The monoisotopic (exact) mass is 239 g/mol. The second-order valence-electron chi connectivity index (χ2n) is 4.31. The first-order valence-corrected chi connectivity index (χ1v) is 5.70. The second-order valence-corrected chi connectivity index (χ2v) is 4.31. The van der Waals surface area contributed by atoms with Crippen molar-refractivity contribution in [3.63, 3.8) is 0 Å². The van der Waals surface area contributed by atoms with Crippen LogP contribution in [0.25, 0.3) is 22.3 Å². The van der Waals surface area contributed by atoms with Gasteiger partial charge in [-0.25, -0.2) is 15.0 Å². The maximum absolute atomic E-state index is 5.67.